The first-order valence-corrected chi connectivity index (χ1v) is 4.44. The third-order valence-electron chi connectivity index (χ3n) is 1.95. The van der Waals surface area contributed by atoms with Gasteiger partial charge in [0.15, 0.2) is 0 Å². The topological polar surface area (TPSA) is 65.1 Å². The highest BCUT2D eigenvalue weighted by molar-refractivity contribution is 6.30. The van der Waals surface area contributed by atoms with Gasteiger partial charge in [0.2, 0.25) is 5.91 Å². The van der Waals surface area contributed by atoms with E-state index >= 15 is 0 Å². The quantitative estimate of drug-likeness (QED) is 0.724. The summed E-state index contributed by atoms with van der Waals surface area (Å²) in [6.45, 7) is 1.77. The number of halogens is 1. The maximum absolute atomic E-state index is 11.5. The number of amides is 1. The summed E-state index contributed by atoms with van der Waals surface area (Å²) in [5, 5.41) is 0.378. The molecule has 0 fully saturated rings. The van der Waals surface area contributed by atoms with E-state index < -0.39 is 5.91 Å². The van der Waals surface area contributed by atoms with E-state index in [2.05, 4.69) is 0 Å². The van der Waals surface area contributed by atoms with Crippen molar-refractivity contribution in [2.45, 2.75) is 13.3 Å². The number of carbonyl (C=O) groups is 1. The van der Waals surface area contributed by atoms with Crippen LogP contribution in [0.2, 0.25) is 5.15 Å². The van der Waals surface area contributed by atoms with Crippen LogP contribution in [-0.4, -0.2) is 10.5 Å². The first kappa shape index (κ1) is 10.8. The van der Waals surface area contributed by atoms with Gasteiger partial charge in [0, 0.05) is 12.6 Å². The van der Waals surface area contributed by atoms with Crippen LogP contribution in [0, 0.1) is 6.92 Å². The van der Waals surface area contributed by atoms with E-state index in [1.54, 1.807) is 20.0 Å². The molecule has 0 unspecified atom stereocenters. The fourth-order valence-corrected chi connectivity index (χ4v) is 1.40. The third kappa shape index (κ3) is 1.96. The second-order valence-electron chi connectivity index (χ2n) is 3.15. The predicted octanol–water partition coefficient (Wildman–Crippen LogP) is 0.375. The summed E-state index contributed by atoms with van der Waals surface area (Å²) in [5.74, 6) is -0.524. The summed E-state index contributed by atoms with van der Waals surface area (Å²) in [6, 6.07) is 1.59. The van der Waals surface area contributed by atoms with Gasteiger partial charge in [0.1, 0.15) is 5.15 Å². The summed E-state index contributed by atoms with van der Waals surface area (Å²) in [7, 11) is 1.56. The Labute approximate surface area is 86.3 Å². The van der Waals surface area contributed by atoms with Gasteiger partial charge in [-0.1, -0.05) is 11.6 Å². The zero-order chi connectivity index (χ0) is 10.9. The summed E-state index contributed by atoms with van der Waals surface area (Å²) >= 11 is 5.84. The Morgan fingerprint density at radius 2 is 2.21 bits per heavy atom. The minimum absolute atomic E-state index is 0.0509. The van der Waals surface area contributed by atoms with Gasteiger partial charge >= 0.3 is 0 Å². The Balaban J connectivity index is 3.33. The van der Waals surface area contributed by atoms with Crippen LogP contribution in [0.5, 0.6) is 0 Å². The fraction of sp³-hybridized carbons (Fsp3) is 0.333. The lowest BCUT2D eigenvalue weighted by Gasteiger charge is -2.07. The van der Waals surface area contributed by atoms with E-state index in [9.17, 15) is 9.59 Å². The molecule has 76 valence electrons. The molecule has 0 atom stereocenters. The fourth-order valence-electron chi connectivity index (χ4n) is 1.27. The van der Waals surface area contributed by atoms with Crippen molar-refractivity contribution in [3.05, 3.63) is 32.7 Å². The highest BCUT2D eigenvalue weighted by Gasteiger charge is 2.09. The molecular weight excluding hydrogens is 204 g/mol. The molecule has 4 nitrogen and oxygen atoms in total. The van der Waals surface area contributed by atoms with Crippen molar-refractivity contribution in [3.8, 4) is 0 Å². The lowest BCUT2D eigenvalue weighted by atomic mass is 10.1. The van der Waals surface area contributed by atoms with E-state index in [-0.39, 0.29) is 12.0 Å². The predicted molar refractivity (Wildman–Crippen MR) is 54.3 cm³/mol. The smallest absolute Gasteiger partial charge is 0.255 e. The van der Waals surface area contributed by atoms with Gasteiger partial charge < -0.3 is 10.3 Å². The highest BCUT2D eigenvalue weighted by Crippen LogP contribution is 2.12. The minimum atomic E-state index is -0.524. The number of aryl methyl sites for hydroxylation is 1. The van der Waals surface area contributed by atoms with Crippen LogP contribution in [0.3, 0.4) is 0 Å². The molecule has 1 aromatic rings. The van der Waals surface area contributed by atoms with Crippen molar-refractivity contribution < 1.29 is 4.79 Å². The third-order valence-corrected chi connectivity index (χ3v) is 2.51. The van der Waals surface area contributed by atoms with Gasteiger partial charge in [-0.05, 0) is 18.6 Å². The maximum atomic E-state index is 11.5. The molecule has 1 rings (SSSR count). The number of hydrogen-bond acceptors (Lipinski definition) is 2. The van der Waals surface area contributed by atoms with Crippen molar-refractivity contribution >= 4 is 17.5 Å². The van der Waals surface area contributed by atoms with Gasteiger partial charge in [-0.2, -0.15) is 0 Å². The second-order valence-corrected chi connectivity index (χ2v) is 3.51. The Bertz CT molecular complexity index is 437. The Morgan fingerprint density at radius 3 is 2.71 bits per heavy atom. The largest absolute Gasteiger partial charge is 0.369 e. The summed E-state index contributed by atoms with van der Waals surface area (Å²) < 4.78 is 1.30. The monoisotopic (exact) mass is 214 g/mol. The van der Waals surface area contributed by atoms with Crippen LogP contribution in [0.15, 0.2) is 10.9 Å². The normalized spacial score (nSPS) is 10.2. The zero-order valence-corrected chi connectivity index (χ0v) is 8.76. The molecular formula is C9H11ClN2O2. The van der Waals surface area contributed by atoms with Crippen LogP contribution >= 0.6 is 11.6 Å². The summed E-state index contributed by atoms with van der Waals surface area (Å²) in [5.41, 5.74) is 5.86. The molecule has 1 amide bonds. The molecule has 0 saturated heterocycles. The Morgan fingerprint density at radius 1 is 1.64 bits per heavy atom. The molecule has 5 heteroatoms. The van der Waals surface area contributed by atoms with Crippen molar-refractivity contribution in [2.75, 3.05) is 0 Å². The average Bonchev–Trinajstić information content (AvgIpc) is 2.10. The molecule has 14 heavy (non-hydrogen) atoms. The number of hydrogen-bond donors (Lipinski definition) is 1. The van der Waals surface area contributed by atoms with Gasteiger partial charge in [-0.3, -0.25) is 9.59 Å². The molecule has 0 bridgehead atoms. The molecule has 2 N–H and O–H groups in total. The van der Waals surface area contributed by atoms with Crippen molar-refractivity contribution in [1.82, 2.24) is 4.57 Å². The van der Waals surface area contributed by atoms with Crippen LogP contribution in [0.1, 0.15) is 11.1 Å². The lowest BCUT2D eigenvalue weighted by Crippen LogP contribution is -2.26. The van der Waals surface area contributed by atoms with Crippen LogP contribution in [-0.2, 0) is 18.3 Å². The number of primary amides is 1. The van der Waals surface area contributed by atoms with Gasteiger partial charge in [0.25, 0.3) is 5.56 Å². The molecule has 1 aromatic heterocycles. The van der Waals surface area contributed by atoms with E-state index in [4.69, 9.17) is 17.3 Å². The van der Waals surface area contributed by atoms with Crippen LogP contribution in [0.25, 0.3) is 0 Å². The van der Waals surface area contributed by atoms with Gasteiger partial charge in [-0.25, -0.2) is 0 Å². The number of pyridine rings is 1. The van der Waals surface area contributed by atoms with E-state index in [0.29, 0.717) is 10.7 Å². The van der Waals surface area contributed by atoms with Crippen molar-refractivity contribution in [2.24, 2.45) is 12.8 Å². The number of aromatic nitrogens is 1. The first-order valence-electron chi connectivity index (χ1n) is 4.06. The van der Waals surface area contributed by atoms with E-state index in [0.717, 1.165) is 5.56 Å². The number of nitrogens with two attached hydrogens (primary N) is 1. The molecule has 1 heterocycles. The first-order chi connectivity index (χ1) is 6.43. The molecule has 0 aliphatic heterocycles. The van der Waals surface area contributed by atoms with Gasteiger partial charge in [-0.15, -0.1) is 0 Å². The number of nitrogens with zero attached hydrogens (tertiary/aromatic N) is 1. The molecule has 0 aliphatic carbocycles. The molecule has 0 radical (unpaired) electrons. The van der Waals surface area contributed by atoms with Gasteiger partial charge in [0.05, 0.1) is 6.42 Å². The summed E-state index contributed by atoms with van der Waals surface area (Å²) in [4.78, 5) is 22.2. The Kier molecular flexibility index (Phi) is 2.96. The number of carbonyl (C=O) groups excluding carboxylic acids is 1. The minimum Gasteiger partial charge on any atom is -0.369 e. The standard InChI is InChI=1S/C9H11ClN2O2/c1-5-3-6(4-7(11)13)9(14)12(2)8(5)10/h3H,4H2,1-2H3,(H2,11,13). The Hall–Kier alpha value is -1.29. The molecule has 0 aliphatic rings. The SMILES string of the molecule is Cc1cc(CC(N)=O)c(=O)n(C)c1Cl. The zero-order valence-electron chi connectivity index (χ0n) is 8.00. The lowest BCUT2D eigenvalue weighted by molar-refractivity contribution is -0.117. The number of rotatable bonds is 2. The van der Waals surface area contributed by atoms with E-state index in [1.807, 2.05) is 0 Å². The second kappa shape index (κ2) is 3.84. The van der Waals surface area contributed by atoms with E-state index in [1.165, 1.54) is 4.57 Å². The van der Waals surface area contributed by atoms with Crippen LogP contribution in [0.4, 0.5) is 0 Å². The van der Waals surface area contributed by atoms with Crippen molar-refractivity contribution in [1.29, 1.82) is 0 Å². The van der Waals surface area contributed by atoms with Crippen molar-refractivity contribution in [3.63, 3.8) is 0 Å². The maximum Gasteiger partial charge on any atom is 0.255 e. The molecule has 0 saturated carbocycles. The summed E-state index contributed by atoms with van der Waals surface area (Å²) in [6.07, 6.45) is -0.0509. The highest BCUT2D eigenvalue weighted by atomic mass is 35.5. The average molecular weight is 215 g/mol. The van der Waals surface area contributed by atoms with Crippen LogP contribution < -0.4 is 11.3 Å². The molecule has 0 aromatic carbocycles. The molecule has 0 spiro atoms.